The minimum atomic E-state index is -4.78. The van der Waals surface area contributed by atoms with E-state index in [1.165, 1.54) is 36.4 Å². The van der Waals surface area contributed by atoms with Crippen LogP contribution in [0.15, 0.2) is 77.2 Å². The van der Waals surface area contributed by atoms with E-state index in [0.717, 1.165) is 16.5 Å². The molecule has 8 nitrogen and oxygen atoms in total. The number of hydrogen-bond acceptors (Lipinski definition) is 6. The van der Waals surface area contributed by atoms with E-state index in [9.17, 15) is 31.5 Å². The summed E-state index contributed by atoms with van der Waals surface area (Å²) in [6, 6.07) is 18.1. The van der Waals surface area contributed by atoms with Crippen LogP contribution in [0.4, 0.5) is 26.7 Å². The monoisotopic (exact) mass is 572 g/mol. The molecule has 4 aromatic rings. The Morgan fingerprint density at radius 3 is 2.29 bits per heavy atom. The topological polar surface area (TPSA) is 97.6 Å². The van der Waals surface area contributed by atoms with Gasteiger partial charge in [-0.2, -0.15) is 13.2 Å². The Labute approximate surface area is 229 Å². The third-order valence-electron chi connectivity index (χ3n) is 6.22. The number of ether oxygens (including phenoxy) is 1. The van der Waals surface area contributed by atoms with Gasteiger partial charge in [0.05, 0.1) is 30.8 Å². The SMILES string of the molecule is O=C(NCc1nnc(-c2ccc(-c3ccc(C(=O)N4CC(F)(F)C4)cc3)cc2C(F)(F)F)o1)OCc1ccccc1. The number of likely N-dealkylation sites (tertiary alicyclic amines) is 1. The van der Waals surface area contributed by atoms with Gasteiger partial charge >= 0.3 is 12.3 Å². The molecule has 2 amide bonds. The molecule has 41 heavy (non-hydrogen) atoms. The van der Waals surface area contributed by atoms with Gasteiger partial charge in [0.25, 0.3) is 11.8 Å². The van der Waals surface area contributed by atoms with Crippen molar-refractivity contribution in [2.75, 3.05) is 13.1 Å². The summed E-state index contributed by atoms with van der Waals surface area (Å²) in [5, 5.41) is 9.81. The predicted molar refractivity (Wildman–Crippen MR) is 134 cm³/mol. The number of aromatic nitrogens is 2. The molecule has 212 valence electrons. The van der Waals surface area contributed by atoms with Gasteiger partial charge in [-0.05, 0) is 41.0 Å². The van der Waals surface area contributed by atoms with Crippen molar-refractivity contribution in [3.05, 3.63) is 95.4 Å². The number of rotatable bonds is 7. The third kappa shape index (κ3) is 6.51. The Bertz CT molecular complexity index is 1550. The van der Waals surface area contributed by atoms with E-state index in [2.05, 4.69) is 15.5 Å². The minimum absolute atomic E-state index is 0.0272. The number of halogens is 5. The highest BCUT2D eigenvalue weighted by molar-refractivity contribution is 5.95. The molecule has 1 aliphatic rings. The molecule has 0 aliphatic carbocycles. The van der Waals surface area contributed by atoms with Crippen molar-refractivity contribution < 1.29 is 40.7 Å². The van der Waals surface area contributed by atoms with Crippen LogP contribution in [0.1, 0.15) is 27.4 Å². The first-order chi connectivity index (χ1) is 19.5. The van der Waals surface area contributed by atoms with E-state index < -0.39 is 48.6 Å². The van der Waals surface area contributed by atoms with Crippen molar-refractivity contribution >= 4 is 12.0 Å². The van der Waals surface area contributed by atoms with Gasteiger partial charge in [0, 0.05) is 5.56 Å². The Hall–Kier alpha value is -4.81. The van der Waals surface area contributed by atoms with Crippen LogP contribution in [0.5, 0.6) is 0 Å². The first kappa shape index (κ1) is 27.7. The highest BCUT2D eigenvalue weighted by Crippen LogP contribution is 2.39. The molecule has 2 heterocycles. The maximum atomic E-state index is 14.0. The molecular formula is C28H21F5N4O4. The fourth-order valence-electron chi connectivity index (χ4n) is 4.14. The van der Waals surface area contributed by atoms with Gasteiger partial charge in [-0.3, -0.25) is 4.79 Å². The fraction of sp³-hybridized carbons (Fsp3) is 0.214. The number of alkyl halides is 5. The zero-order valence-electron chi connectivity index (χ0n) is 21.1. The summed E-state index contributed by atoms with van der Waals surface area (Å²) in [5.41, 5.74) is 0.0813. The second-order valence-corrected chi connectivity index (χ2v) is 9.27. The molecule has 1 fully saturated rings. The van der Waals surface area contributed by atoms with Crippen LogP contribution >= 0.6 is 0 Å². The molecular weight excluding hydrogens is 551 g/mol. The Morgan fingerprint density at radius 1 is 0.951 bits per heavy atom. The average molecular weight is 572 g/mol. The van der Waals surface area contributed by atoms with E-state index in [0.29, 0.717) is 5.56 Å². The van der Waals surface area contributed by atoms with Crippen molar-refractivity contribution in [3.63, 3.8) is 0 Å². The van der Waals surface area contributed by atoms with E-state index in [4.69, 9.17) is 9.15 Å². The van der Waals surface area contributed by atoms with Gasteiger partial charge < -0.3 is 19.4 Å². The van der Waals surface area contributed by atoms with Crippen molar-refractivity contribution in [3.8, 4) is 22.6 Å². The molecule has 0 unspecified atom stereocenters. The van der Waals surface area contributed by atoms with Crippen molar-refractivity contribution in [1.29, 1.82) is 0 Å². The molecule has 13 heteroatoms. The van der Waals surface area contributed by atoms with Crippen molar-refractivity contribution in [2.24, 2.45) is 0 Å². The first-order valence-electron chi connectivity index (χ1n) is 12.2. The smallest absolute Gasteiger partial charge is 0.417 e. The Balaban J connectivity index is 1.27. The number of hydrogen-bond donors (Lipinski definition) is 1. The quantitative estimate of drug-likeness (QED) is 0.276. The molecule has 0 saturated carbocycles. The van der Waals surface area contributed by atoms with E-state index in [1.807, 2.05) is 6.07 Å². The lowest BCUT2D eigenvalue weighted by molar-refractivity contribution is -0.137. The standard InChI is InChI=1S/C28H21F5N4O4/c29-27(30)15-37(16-27)25(38)19-8-6-18(7-9-19)20-10-11-21(22(12-20)28(31,32)33)24-36-35-23(41-24)13-34-26(39)40-14-17-4-2-1-3-5-17/h1-12H,13-16H2,(H,34,39). The summed E-state index contributed by atoms with van der Waals surface area (Å²) in [6.45, 7) is -1.58. The zero-order valence-corrected chi connectivity index (χ0v) is 21.1. The largest absolute Gasteiger partial charge is 0.445 e. The van der Waals surface area contributed by atoms with E-state index in [1.54, 1.807) is 24.3 Å². The molecule has 0 atom stereocenters. The number of nitrogens with one attached hydrogen (secondary N) is 1. The second-order valence-electron chi connectivity index (χ2n) is 9.27. The molecule has 1 saturated heterocycles. The molecule has 1 N–H and O–H groups in total. The second kappa shape index (κ2) is 11.0. The van der Waals surface area contributed by atoms with Crippen LogP contribution in [-0.2, 0) is 24.1 Å². The van der Waals surface area contributed by atoms with Gasteiger partial charge in [-0.1, -0.05) is 48.5 Å². The van der Waals surface area contributed by atoms with Crippen LogP contribution in [0.2, 0.25) is 0 Å². The van der Waals surface area contributed by atoms with Crippen molar-refractivity contribution in [1.82, 2.24) is 20.4 Å². The number of carbonyl (C=O) groups excluding carboxylic acids is 2. The average Bonchev–Trinajstić information content (AvgIpc) is 3.42. The highest BCUT2D eigenvalue weighted by Gasteiger charge is 2.46. The fourth-order valence-corrected chi connectivity index (χ4v) is 4.14. The summed E-state index contributed by atoms with van der Waals surface area (Å²) >= 11 is 0. The highest BCUT2D eigenvalue weighted by atomic mass is 19.4. The zero-order chi connectivity index (χ0) is 29.2. The van der Waals surface area contributed by atoms with Crippen LogP contribution < -0.4 is 5.32 Å². The normalized spacial score (nSPS) is 14.3. The summed E-state index contributed by atoms with van der Waals surface area (Å²) in [5.74, 6) is -4.02. The van der Waals surface area contributed by atoms with Crippen LogP contribution in [0.3, 0.4) is 0 Å². The number of amides is 2. The van der Waals surface area contributed by atoms with Crippen molar-refractivity contribution in [2.45, 2.75) is 25.3 Å². The molecule has 1 aliphatic heterocycles. The summed E-state index contributed by atoms with van der Waals surface area (Å²) in [7, 11) is 0. The maximum absolute atomic E-state index is 14.0. The number of benzene rings is 3. The maximum Gasteiger partial charge on any atom is 0.417 e. The molecule has 1 aromatic heterocycles. The first-order valence-corrected chi connectivity index (χ1v) is 12.2. The van der Waals surface area contributed by atoms with Crippen LogP contribution in [-0.4, -0.2) is 46.1 Å². The van der Waals surface area contributed by atoms with Gasteiger partial charge in [0.2, 0.25) is 11.8 Å². The van der Waals surface area contributed by atoms with Gasteiger partial charge in [0.15, 0.2) is 0 Å². The number of carbonyl (C=O) groups is 2. The minimum Gasteiger partial charge on any atom is -0.445 e. The summed E-state index contributed by atoms with van der Waals surface area (Å²) in [6.07, 6.45) is -5.55. The lowest BCUT2D eigenvalue weighted by atomic mass is 9.97. The predicted octanol–water partition coefficient (Wildman–Crippen LogP) is 5.94. The molecule has 0 spiro atoms. The van der Waals surface area contributed by atoms with Crippen LogP contribution in [0.25, 0.3) is 22.6 Å². The van der Waals surface area contributed by atoms with Gasteiger partial charge in [-0.15, -0.1) is 10.2 Å². The lowest BCUT2D eigenvalue weighted by Gasteiger charge is -2.38. The third-order valence-corrected chi connectivity index (χ3v) is 6.22. The number of alkyl carbamates (subject to hydrolysis) is 1. The molecule has 0 bridgehead atoms. The van der Waals surface area contributed by atoms with Gasteiger partial charge in [0.1, 0.15) is 6.61 Å². The summed E-state index contributed by atoms with van der Waals surface area (Å²) < 4.78 is 78.6. The summed E-state index contributed by atoms with van der Waals surface area (Å²) in [4.78, 5) is 25.2. The molecule has 0 radical (unpaired) electrons. The van der Waals surface area contributed by atoms with Gasteiger partial charge in [-0.25, -0.2) is 13.6 Å². The Kier molecular flexibility index (Phi) is 7.43. The van der Waals surface area contributed by atoms with Crippen LogP contribution in [0, 0.1) is 0 Å². The molecule has 5 rings (SSSR count). The lowest BCUT2D eigenvalue weighted by Crippen LogP contribution is -2.58. The van der Waals surface area contributed by atoms with E-state index >= 15 is 0 Å². The Morgan fingerprint density at radius 2 is 1.63 bits per heavy atom. The van der Waals surface area contributed by atoms with E-state index in [-0.39, 0.29) is 35.7 Å². The number of nitrogens with zero attached hydrogens (tertiary/aromatic N) is 3. The molecule has 3 aromatic carbocycles.